The van der Waals surface area contributed by atoms with E-state index in [2.05, 4.69) is 15.0 Å². The van der Waals surface area contributed by atoms with Gasteiger partial charge in [-0.05, 0) is 45.4 Å². The van der Waals surface area contributed by atoms with Gasteiger partial charge in [0.15, 0.2) is 10.7 Å². The summed E-state index contributed by atoms with van der Waals surface area (Å²) >= 11 is 0. The lowest BCUT2D eigenvalue weighted by Crippen LogP contribution is -2.15. The zero-order valence-corrected chi connectivity index (χ0v) is 15.7. The fourth-order valence-electron chi connectivity index (χ4n) is 2.85. The number of hydrogen-bond donors (Lipinski definition) is 1. The second-order valence-corrected chi connectivity index (χ2v) is 7.71. The standard InChI is InChI=1S/C17H19FN4O3S/c1-10-16(21-26(23,24)17-11(2)20-25-13(17)4)12(3)22(19-10)9-14-6-5-7-15(18)8-14/h5-8,21H,9H2,1-4H3. The Labute approximate surface area is 150 Å². The van der Waals surface area contributed by atoms with Crippen molar-refractivity contribution in [3.05, 3.63) is 58.5 Å². The number of anilines is 1. The van der Waals surface area contributed by atoms with Gasteiger partial charge in [0.05, 0.1) is 23.6 Å². The summed E-state index contributed by atoms with van der Waals surface area (Å²) in [6.07, 6.45) is 0. The van der Waals surface area contributed by atoms with Gasteiger partial charge in [0, 0.05) is 0 Å². The number of hydrogen-bond acceptors (Lipinski definition) is 5. The summed E-state index contributed by atoms with van der Waals surface area (Å²) in [4.78, 5) is 0.0224. The lowest BCUT2D eigenvalue weighted by Gasteiger charge is -2.09. The van der Waals surface area contributed by atoms with E-state index in [0.29, 0.717) is 23.6 Å². The van der Waals surface area contributed by atoms with Gasteiger partial charge in [-0.25, -0.2) is 12.8 Å². The third-order valence-electron chi connectivity index (χ3n) is 4.08. The van der Waals surface area contributed by atoms with E-state index in [9.17, 15) is 12.8 Å². The number of halogens is 1. The maximum Gasteiger partial charge on any atom is 0.267 e. The molecular formula is C17H19FN4O3S. The van der Waals surface area contributed by atoms with Gasteiger partial charge in [-0.1, -0.05) is 17.3 Å². The normalized spacial score (nSPS) is 11.7. The Morgan fingerprint density at radius 1 is 1.19 bits per heavy atom. The number of rotatable bonds is 5. The van der Waals surface area contributed by atoms with Gasteiger partial charge >= 0.3 is 0 Å². The van der Waals surface area contributed by atoms with E-state index >= 15 is 0 Å². The topological polar surface area (TPSA) is 90.0 Å². The van der Waals surface area contributed by atoms with E-state index in [1.165, 1.54) is 12.1 Å². The summed E-state index contributed by atoms with van der Waals surface area (Å²) in [5.41, 5.74) is 2.56. The van der Waals surface area contributed by atoms with Crippen LogP contribution in [0, 0.1) is 33.5 Å². The van der Waals surface area contributed by atoms with Crippen LogP contribution in [0.4, 0.5) is 10.1 Å². The number of nitrogens with zero attached hydrogens (tertiary/aromatic N) is 3. The largest absolute Gasteiger partial charge is 0.360 e. The molecule has 2 aromatic heterocycles. The Morgan fingerprint density at radius 2 is 1.92 bits per heavy atom. The first-order valence-corrected chi connectivity index (χ1v) is 9.41. The molecule has 0 saturated carbocycles. The van der Waals surface area contributed by atoms with Crippen LogP contribution in [0.25, 0.3) is 0 Å². The Kier molecular flexibility index (Phi) is 4.57. The van der Waals surface area contributed by atoms with Gasteiger partial charge in [-0.2, -0.15) is 5.10 Å². The molecule has 0 bridgehead atoms. The molecule has 0 amide bonds. The smallest absolute Gasteiger partial charge is 0.267 e. The first-order valence-electron chi connectivity index (χ1n) is 7.93. The van der Waals surface area contributed by atoms with Gasteiger partial charge in [0.2, 0.25) is 0 Å². The highest BCUT2D eigenvalue weighted by molar-refractivity contribution is 7.92. The highest BCUT2D eigenvalue weighted by Crippen LogP contribution is 2.26. The van der Waals surface area contributed by atoms with Crippen molar-refractivity contribution in [3.8, 4) is 0 Å². The molecule has 0 atom stereocenters. The molecule has 7 nitrogen and oxygen atoms in total. The van der Waals surface area contributed by atoms with Crippen molar-refractivity contribution in [2.45, 2.75) is 39.1 Å². The zero-order valence-electron chi connectivity index (χ0n) is 14.9. The highest BCUT2D eigenvalue weighted by atomic mass is 32.2. The van der Waals surface area contributed by atoms with Crippen LogP contribution in [0.15, 0.2) is 33.7 Å². The number of benzene rings is 1. The Bertz CT molecular complexity index is 1050. The second-order valence-electron chi connectivity index (χ2n) is 6.09. The molecule has 26 heavy (non-hydrogen) atoms. The molecule has 3 aromatic rings. The van der Waals surface area contributed by atoms with Crippen LogP contribution < -0.4 is 4.72 Å². The van der Waals surface area contributed by atoms with Crippen molar-refractivity contribution in [1.82, 2.24) is 14.9 Å². The molecule has 0 aliphatic heterocycles. The van der Waals surface area contributed by atoms with Crippen molar-refractivity contribution >= 4 is 15.7 Å². The summed E-state index contributed by atoms with van der Waals surface area (Å²) in [6.45, 7) is 6.90. The molecular weight excluding hydrogens is 359 g/mol. The predicted molar refractivity (Wildman–Crippen MR) is 94.0 cm³/mol. The summed E-state index contributed by atoms with van der Waals surface area (Å²) in [5.74, 6) is -0.110. The van der Waals surface area contributed by atoms with Crippen molar-refractivity contribution in [1.29, 1.82) is 0 Å². The van der Waals surface area contributed by atoms with E-state index < -0.39 is 10.0 Å². The fourth-order valence-corrected chi connectivity index (χ4v) is 4.36. The molecule has 3 rings (SSSR count). The third kappa shape index (κ3) is 3.34. The Balaban J connectivity index is 1.93. The van der Waals surface area contributed by atoms with Gasteiger partial charge in [0.1, 0.15) is 11.5 Å². The molecule has 2 heterocycles. The molecule has 0 saturated heterocycles. The maximum absolute atomic E-state index is 13.4. The summed E-state index contributed by atoms with van der Waals surface area (Å²) in [7, 11) is -3.86. The summed E-state index contributed by atoms with van der Waals surface area (Å²) in [5, 5.41) is 8.06. The zero-order chi connectivity index (χ0) is 19.1. The first-order chi connectivity index (χ1) is 12.2. The third-order valence-corrected chi connectivity index (χ3v) is 5.67. The van der Waals surface area contributed by atoms with Gasteiger partial charge in [-0.3, -0.25) is 9.40 Å². The van der Waals surface area contributed by atoms with Crippen molar-refractivity contribution in [2.24, 2.45) is 0 Å². The molecule has 9 heteroatoms. The fraction of sp³-hybridized carbons (Fsp3) is 0.294. The number of nitrogens with one attached hydrogen (secondary N) is 1. The van der Waals surface area contributed by atoms with Crippen LogP contribution in [-0.2, 0) is 16.6 Å². The van der Waals surface area contributed by atoms with Crippen LogP contribution >= 0.6 is 0 Å². The van der Waals surface area contributed by atoms with E-state index in [1.54, 1.807) is 44.5 Å². The van der Waals surface area contributed by atoms with Gasteiger partial charge in [-0.15, -0.1) is 0 Å². The van der Waals surface area contributed by atoms with E-state index in [0.717, 1.165) is 5.56 Å². The highest BCUT2D eigenvalue weighted by Gasteiger charge is 2.26. The minimum Gasteiger partial charge on any atom is -0.360 e. The number of aryl methyl sites for hydroxylation is 3. The Hall–Kier alpha value is -2.68. The summed E-state index contributed by atoms with van der Waals surface area (Å²) < 4.78 is 48.0. The van der Waals surface area contributed by atoms with Crippen LogP contribution in [0.3, 0.4) is 0 Å². The van der Waals surface area contributed by atoms with E-state index in [-0.39, 0.29) is 22.2 Å². The average molecular weight is 378 g/mol. The van der Waals surface area contributed by atoms with Crippen molar-refractivity contribution in [2.75, 3.05) is 4.72 Å². The van der Waals surface area contributed by atoms with Crippen molar-refractivity contribution < 1.29 is 17.3 Å². The average Bonchev–Trinajstić information content (AvgIpc) is 3.02. The molecule has 0 fully saturated rings. The molecule has 0 aliphatic carbocycles. The van der Waals surface area contributed by atoms with Crippen LogP contribution in [0.5, 0.6) is 0 Å². The monoisotopic (exact) mass is 378 g/mol. The van der Waals surface area contributed by atoms with Gasteiger partial charge < -0.3 is 4.52 Å². The number of sulfonamides is 1. The number of aromatic nitrogens is 3. The minimum atomic E-state index is -3.86. The predicted octanol–water partition coefficient (Wildman–Crippen LogP) is 3.09. The van der Waals surface area contributed by atoms with Gasteiger partial charge in [0.25, 0.3) is 10.0 Å². The SMILES string of the molecule is Cc1nn(Cc2cccc(F)c2)c(C)c1NS(=O)(=O)c1c(C)noc1C. The van der Waals surface area contributed by atoms with E-state index in [1.807, 2.05) is 0 Å². The quantitative estimate of drug-likeness (QED) is 0.737. The Morgan fingerprint density at radius 3 is 2.54 bits per heavy atom. The minimum absolute atomic E-state index is 0.0224. The lowest BCUT2D eigenvalue weighted by molar-refractivity contribution is 0.390. The second kappa shape index (κ2) is 6.56. The summed E-state index contributed by atoms with van der Waals surface area (Å²) in [6, 6.07) is 6.20. The van der Waals surface area contributed by atoms with E-state index in [4.69, 9.17) is 4.52 Å². The molecule has 1 aromatic carbocycles. The van der Waals surface area contributed by atoms with Crippen LogP contribution in [-0.4, -0.2) is 23.4 Å². The lowest BCUT2D eigenvalue weighted by atomic mass is 10.2. The molecule has 0 aliphatic rings. The van der Waals surface area contributed by atoms with Crippen LogP contribution in [0.2, 0.25) is 0 Å². The first kappa shape index (κ1) is 18.1. The molecule has 138 valence electrons. The molecule has 0 unspecified atom stereocenters. The molecule has 1 N–H and O–H groups in total. The maximum atomic E-state index is 13.4. The molecule has 0 radical (unpaired) electrons. The molecule has 0 spiro atoms. The van der Waals surface area contributed by atoms with Crippen LogP contribution in [0.1, 0.15) is 28.4 Å². The van der Waals surface area contributed by atoms with Crippen molar-refractivity contribution in [3.63, 3.8) is 0 Å².